The van der Waals surface area contributed by atoms with Crippen molar-refractivity contribution in [1.82, 2.24) is 0 Å². The van der Waals surface area contributed by atoms with Crippen molar-refractivity contribution in [2.45, 2.75) is 26.9 Å². The molecule has 0 spiro atoms. The molecule has 19 heavy (non-hydrogen) atoms. The van der Waals surface area contributed by atoms with Crippen molar-refractivity contribution in [2.24, 2.45) is 0 Å². The molecule has 1 N–H and O–H groups in total. The molecular weight excluding hydrogens is 240 g/mol. The van der Waals surface area contributed by atoms with Crippen molar-refractivity contribution in [1.29, 1.82) is 0 Å². The third kappa shape index (κ3) is 11.7. The van der Waals surface area contributed by atoms with Gasteiger partial charge in [0.05, 0.1) is 19.8 Å². The highest BCUT2D eigenvalue weighted by Crippen LogP contribution is 1.94. The topological polar surface area (TPSA) is 38.7 Å². The Labute approximate surface area is 116 Å². The first-order chi connectivity index (χ1) is 9.10. The Hall–Kier alpha value is -1.16. The summed E-state index contributed by atoms with van der Waals surface area (Å²) in [7, 11) is 1.56. The van der Waals surface area contributed by atoms with Crippen LogP contribution >= 0.6 is 0 Å². The van der Waals surface area contributed by atoms with Crippen LogP contribution in [0.4, 0.5) is 0 Å². The Kier molecular flexibility index (Phi) is 11.2. The van der Waals surface area contributed by atoms with Crippen molar-refractivity contribution in [3.63, 3.8) is 0 Å². The Morgan fingerprint density at radius 1 is 1.26 bits per heavy atom. The first kappa shape index (κ1) is 17.8. The first-order valence-electron chi connectivity index (χ1n) is 6.48. The molecule has 1 unspecified atom stereocenters. The number of aliphatic hydroxyl groups is 1. The monoisotopic (exact) mass is 266 g/mol. The Bertz CT molecular complexity index is 333. The molecule has 0 aliphatic carbocycles. The summed E-state index contributed by atoms with van der Waals surface area (Å²) in [6.45, 7) is 7.28. The van der Waals surface area contributed by atoms with Crippen LogP contribution in [0.5, 0.6) is 0 Å². The van der Waals surface area contributed by atoms with Gasteiger partial charge in [0.15, 0.2) is 0 Å². The summed E-state index contributed by atoms with van der Waals surface area (Å²) in [5, 5.41) is 9.17. The number of hydrogen-bond donors (Lipinski definition) is 1. The van der Waals surface area contributed by atoms with Gasteiger partial charge in [-0.3, -0.25) is 0 Å². The molecule has 0 aliphatic rings. The maximum atomic E-state index is 9.17. The maximum Gasteiger partial charge on any atom is 0.101 e. The lowest BCUT2D eigenvalue weighted by Gasteiger charge is -2.09. The standard InChI is InChI=1S/C9H18O3.C7H8/c1-4-8(2)5-12-7-9(10)6-11-3;1-7-5-3-2-4-6-7/h4,9-10H,5-7H2,1-3H3;2-6H,1H3. The summed E-state index contributed by atoms with van der Waals surface area (Å²) >= 11 is 0. The van der Waals surface area contributed by atoms with Crippen LogP contribution in [0.15, 0.2) is 42.0 Å². The molecule has 0 heterocycles. The summed E-state index contributed by atoms with van der Waals surface area (Å²) < 4.78 is 9.95. The van der Waals surface area contributed by atoms with Crippen molar-refractivity contribution in [3.8, 4) is 0 Å². The lowest BCUT2D eigenvalue weighted by atomic mass is 10.2. The van der Waals surface area contributed by atoms with E-state index in [4.69, 9.17) is 14.6 Å². The molecule has 1 aromatic carbocycles. The number of aliphatic hydroxyl groups excluding tert-OH is 1. The molecule has 0 bridgehead atoms. The molecular formula is C16H26O3. The molecule has 0 fully saturated rings. The number of methoxy groups -OCH3 is 1. The van der Waals surface area contributed by atoms with Gasteiger partial charge in [0, 0.05) is 7.11 Å². The average molecular weight is 266 g/mol. The fourth-order valence-electron chi connectivity index (χ4n) is 1.21. The van der Waals surface area contributed by atoms with Crippen molar-refractivity contribution in [3.05, 3.63) is 47.5 Å². The highest BCUT2D eigenvalue weighted by molar-refractivity contribution is 5.11. The van der Waals surface area contributed by atoms with Crippen LogP contribution in [0.25, 0.3) is 0 Å². The van der Waals surface area contributed by atoms with Gasteiger partial charge in [-0.25, -0.2) is 0 Å². The van der Waals surface area contributed by atoms with Crippen LogP contribution in [-0.2, 0) is 9.47 Å². The second-order valence-corrected chi connectivity index (χ2v) is 4.41. The maximum absolute atomic E-state index is 9.17. The highest BCUT2D eigenvalue weighted by atomic mass is 16.5. The van der Waals surface area contributed by atoms with Crippen LogP contribution in [0.3, 0.4) is 0 Å². The normalized spacial score (nSPS) is 12.6. The van der Waals surface area contributed by atoms with Gasteiger partial charge in [0.1, 0.15) is 6.10 Å². The molecule has 1 aromatic rings. The van der Waals surface area contributed by atoms with Crippen LogP contribution in [0.2, 0.25) is 0 Å². The molecule has 3 heteroatoms. The van der Waals surface area contributed by atoms with E-state index in [2.05, 4.69) is 19.1 Å². The van der Waals surface area contributed by atoms with Gasteiger partial charge in [-0.1, -0.05) is 47.5 Å². The van der Waals surface area contributed by atoms with Gasteiger partial charge in [0.2, 0.25) is 0 Å². The van der Waals surface area contributed by atoms with Crippen molar-refractivity contribution in [2.75, 3.05) is 26.9 Å². The molecule has 1 rings (SSSR count). The summed E-state index contributed by atoms with van der Waals surface area (Å²) in [5.41, 5.74) is 2.49. The third-order valence-corrected chi connectivity index (χ3v) is 2.43. The molecule has 0 aliphatic heterocycles. The van der Waals surface area contributed by atoms with Crippen molar-refractivity contribution < 1.29 is 14.6 Å². The number of ether oxygens (including phenoxy) is 2. The van der Waals surface area contributed by atoms with Gasteiger partial charge in [-0.15, -0.1) is 0 Å². The van der Waals surface area contributed by atoms with E-state index in [9.17, 15) is 0 Å². The minimum atomic E-state index is -0.514. The van der Waals surface area contributed by atoms with E-state index >= 15 is 0 Å². The first-order valence-corrected chi connectivity index (χ1v) is 6.48. The second-order valence-electron chi connectivity index (χ2n) is 4.41. The SMILES string of the molecule is CC=C(C)COCC(O)COC.Cc1ccccc1. The number of aryl methyl sites for hydroxylation is 1. The molecule has 0 saturated carbocycles. The molecule has 0 amide bonds. The molecule has 0 saturated heterocycles. The van der Waals surface area contributed by atoms with Gasteiger partial charge in [-0.2, -0.15) is 0 Å². The van der Waals surface area contributed by atoms with Crippen LogP contribution in [0.1, 0.15) is 19.4 Å². The third-order valence-electron chi connectivity index (χ3n) is 2.43. The lowest BCUT2D eigenvalue weighted by molar-refractivity contribution is -0.000282. The largest absolute Gasteiger partial charge is 0.388 e. The molecule has 0 radical (unpaired) electrons. The van der Waals surface area contributed by atoms with E-state index < -0.39 is 6.10 Å². The summed E-state index contributed by atoms with van der Waals surface area (Å²) in [6.07, 6.45) is 1.47. The fourth-order valence-corrected chi connectivity index (χ4v) is 1.21. The molecule has 1 atom stereocenters. The van der Waals surface area contributed by atoms with Crippen molar-refractivity contribution >= 4 is 0 Å². The van der Waals surface area contributed by atoms with E-state index in [-0.39, 0.29) is 0 Å². The summed E-state index contributed by atoms with van der Waals surface area (Å²) in [4.78, 5) is 0. The Balaban J connectivity index is 0.000000388. The zero-order valence-electron chi connectivity index (χ0n) is 12.4. The second kappa shape index (κ2) is 11.9. The molecule has 0 aromatic heterocycles. The van der Waals surface area contributed by atoms with Crippen LogP contribution in [-0.4, -0.2) is 38.1 Å². The van der Waals surface area contributed by atoms with E-state index in [1.54, 1.807) is 7.11 Å². The minimum Gasteiger partial charge on any atom is -0.388 e. The number of allylic oxidation sites excluding steroid dienone is 1. The number of benzene rings is 1. The van der Waals surface area contributed by atoms with Gasteiger partial charge in [0.25, 0.3) is 0 Å². The van der Waals surface area contributed by atoms with Gasteiger partial charge >= 0.3 is 0 Å². The summed E-state index contributed by atoms with van der Waals surface area (Å²) in [5.74, 6) is 0. The van der Waals surface area contributed by atoms with E-state index in [0.29, 0.717) is 19.8 Å². The van der Waals surface area contributed by atoms with E-state index in [1.165, 1.54) is 11.1 Å². The Morgan fingerprint density at radius 2 is 1.89 bits per heavy atom. The van der Waals surface area contributed by atoms with Crippen LogP contribution < -0.4 is 0 Å². The van der Waals surface area contributed by atoms with Crippen LogP contribution in [0, 0.1) is 6.92 Å². The number of hydrogen-bond acceptors (Lipinski definition) is 3. The number of rotatable bonds is 6. The predicted molar refractivity (Wildman–Crippen MR) is 79.3 cm³/mol. The molecule has 3 nitrogen and oxygen atoms in total. The highest BCUT2D eigenvalue weighted by Gasteiger charge is 2.02. The summed E-state index contributed by atoms with van der Waals surface area (Å²) in [6, 6.07) is 10.3. The predicted octanol–water partition coefficient (Wildman–Crippen LogP) is 2.97. The zero-order valence-corrected chi connectivity index (χ0v) is 12.4. The minimum absolute atomic E-state index is 0.328. The van der Waals surface area contributed by atoms with Gasteiger partial charge in [-0.05, 0) is 20.8 Å². The fraction of sp³-hybridized carbons (Fsp3) is 0.500. The lowest BCUT2D eigenvalue weighted by Crippen LogP contribution is -2.21. The molecule has 108 valence electrons. The smallest absolute Gasteiger partial charge is 0.101 e. The van der Waals surface area contributed by atoms with Gasteiger partial charge < -0.3 is 14.6 Å². The van der Waals surface area contributed by atoms with E-state index in [1.807, 2.05) is 38.1 Å². The zero-order chi connectivity index (χ0) is 14.5. The quantitative estimate of drug-likeness (QED) is 0.805. The Morgan fingerprint density at radius 3 is 2.32 bits per heavy atom. The average Bonchev–Trinajstić information content (AvgIpc) is 2.40. The van der Waals surface area contributed by atoms with E-state index in [0.717, 1.165) is 0 Å².